The topological polar surface area (TPSA) is 68.2 Å². The lowest BCUT2D eigenvalue weighted by atomic mass is 10.1. The summed E-state index contributed by atoms with van der Waals surface area (Å²) >= 11 is 0. The first-order valence-corrected chi connectivity index (χ1v) is 9.26. The van der Waals surface area contributed by atoms with Gasteiger partial charge in [0.05, 0.1) is 13.7 Å². The van der Waals surface area contributed by atoms with Crippen LogP contribution in [0.3, 0.4) is 0 Å². The number of carbonyl (C=O) groups excluding carboxylic acids is 1. The minimum absolute atomic E-state index is 0.174. The van der Waals surface area contributed by atoms with E-state index in [-0.39, 0.29) is 5.91 Å². The van der Waals surface area contributed by atoms with Crippen molar-refractivity contribution in [1.82, 2.24) is 19.9 Å². The van der Waals surface area contributed by atoms with Gasteiger partial charge < -0.3 is 9.64 Å². The smallest absolute Gasteiger partial charge is 0.273 e. The van der Waals surface area contributed by atoms with E-state index < -0.39 is 0 Å². The van der Waals surface area contributed by atoms with Crippen LogP contribution in [0.5, 0.6) is 5.75 Å². The highest BCUT2D eigenvalue weighted by atomic mass is 16.5. The van der Waals surface area contributed by atoms with Crippen molar-refractivity contribution < 1.29 is 9.53 Å². The van der Waals surface area contributed by atoms with Gasteiger partial charge in [-0.05, 0) is 42.0 Å². The third kappa shape index (κ3) is 4.21. The number of hydrogen-bond donors (Lipinski definition) is 0. The van der Waals surface area contributed by atoms with Gasteiger partial charge in [-0.3, -0.25) is 9.78 Å². The van der Waals surface area contributed by atoms with E-state index in [9.17, 15) is 4.79 Å². The van der Waals surface area contributed by atoms with Crippen molar-refractivity contribution in [3.8, 4) is 5.75 Å². The largest absolute Gasteiger partial charge is 0.496 e. The number of amides is 1. The van der Waals surface area contributed by atoms with E-state index in [1.54, 1.807) is 36.7 Å². The highest BCUT2D eigenvalue weighted by molar-refractivity contribution is 5.94. The van der Waals surface area contributed by atoms with E-state index >= 15 is 0 Å². The molecule has 0 aliphatic heterocycles. The lowest BCUT2D eigenvalue weighted by molar-refractivity contribution is 0.0723. The lowest BCUT2D eigenvalue weighted by Gasteiger charge is -2.23. The summed E-state index contributed by atoms with van der Waals surface area (Å²) in [5, 5.41) is 0.896. The maximum Gasteiger partial charge on any atom is 0.273 e. The lowest BCUT2D eigenvalue weighted by Crippen LogP contribution is -2.31. The number of methoxy groups -OCH3 is 1. The number of nitrogens with zero attached hydrogens (tertiary/aromatic N) is 4. The quantitative estimate of drug-likeness (QED) is 0.505. The van der Waals surface area contributed by atoms with Crippen molar-refractivity contribution >= 4 is 16.9 Å². The van der Waals surface area contributed by atoms with Crippen molar-refractivity contribution in [1.29, 1.82) is 0 Å². The molecule has 6 heteroatoms. The molecule has 0 atom stereocenters. The van der Waals surface area contributed by atoms with Gasteiger partial charge in [-0.2, -0.15) is 0 Å². The summed E-state index contributed by atoms with van der Waals surface area (Å²) in [6, 6.07) is 18.9. The minimum Gasteiger partial charge on any atom is -0.496 e. The van der Waals surface area contributed by atoms with Crippen LogP contribution in [0, 0.1) is 0 Å². The molecule has 0 fully saturated rings. The Morgan fingerprint density at radius 3 is 2.66 bits per heavy atom. The van der Waals surface area contributed by atoms with E-state index in [0.29, 0.717) is 24.4 Å². The number of rotatable bonds is 6. The summed E-state index contributed by atoms with van der Waals surface area (Å²) in [5.74, 6) is 0.567. The number of pyridine rings is 3. The van der Waals surface area contributed by atoms with Crippen molar-refractivity contribution in [2.45, 2.75) is 13.1 Å². The Bertz CT molecular complexity index is 1130. The van der Waals surface area contributed by atoms with Crippen LogP contribution in [-0.2, 0) is 13.1 Å². The van der Waals surface area contributed by atoms with Crippen LogP contribution in [-0.4, -0.2) is 32.9 Å². The van der Waals surface area contributed by atoms with E-state index in [4.69, 9.17) is 4.74 Å². The fourth-order valence-electron chi connectivity index (χ4n) is 3.18. The molecule has 0 radical (unpaired) electrons. The molecule has 1 amide bonds. The van der Waals surface area contributed by atoms with Gasteiger partial charge in [-0.15, -0.1) is 0 Å². The summed E-state index contributed by atoms with van der Waals surface area (Å²) in [6.07, 6.45) is 5.15. The van der Waals surface area contributed by atoms with Crippen LogP contribution in [0.2, 0.25) is 0 Å². The maximum atomic E-state index is 13.4. The standard InChI is InChI=1S/C23H20N4O2/c1-29-21-9-3-2-7-19(21)16-27(15-17-6-4-12-24-14-17)23(28)20-11-10-18-8-5-13-25-22(18)26-20/h2-14H,15-16H2,1H3. The molecule has 3 heterocycles. The molecule has 144 valence electrons. The van der Waals surface area contributed by atoms with Crippen LogP contribution in [0.1, 0.15) is 21.6 Å². The fourth-order valence-corrected chi connectivity index (χ4v) is 3.18. The second kappa shape index (κ2) is 8.48. The Hall–Kier alpha value is -3.80. The number of fused-ring (bicyclic) bond motifs is 1. The molecule has 6 nitrogen and oxygen atoms in total. The summed E-state index contributed by atoms with van der Waals surface area (Å²) in [5.41, 5.74) is 2.77. The molecule has 0 aliphatic carbocycles. The molecule has 0 unspecified atom stereocenters. The van der Waals surface area contributed by atoms with Gasteiger partial charge >= 0.3 is 0 Å². The number of para-hydroxylation sites is 1. The van der Waals surface area contributed by atoms with Crippen LogP contribution in [0.15, 0.2) is 79.3 Å². The number of hydrogen-bond acceptors (Lipinski definition) is 5. The second-order valence-electron chi connectivity index (χ2n) is 6.58. The monoisotopic (exact) mass is 384 g/mol. The van der Waals surface area contributed by atoms with Crippen LogP contribution >= 0.6 is 0 Å². The number of benzene rings is 1. The molecular formula is C23H20N4O2. The number of carbonyl (C=O) groups is 1. The highest BCUT2D eigenvalue weighted by Crippen LogP contribution is 2.22. The summed E-state index contributed by atoms with van der Waals surface area (Å²) in [7, 11) is 1.63. The van der Waals surface area contributed by atoms with Crippen molar-refractivity contribution in [2.75, 3.05) is 7.11 Å². The van der Waals surface area contributed by atoms with E-state index in [0.717, 1.165) is 22.3 Å². The Balaban J connectivity index is 1.68. The zero-order chi connectivity index (χ0) is 20.1. The van der Waals surface area contributed by atoms with Crippen LogP contribution in [0.4, 0.5) is 0 Å². The maximum absolute atomic E-state index is 13.4. The third-order valence-corrected chi connectivity index (χ3v) is 4.62. The van der Waals surface area contributed by atoms with E-state index in [2.05, 4.69) is 15.0 Å². The molecule has 0 N–H and O–H groups in total. The molecule has 0 saturated heterocycles. The molecule has 4 rings (SSSR count). The van der Waals surface area contributed by atoms with Crippen LogP contribution < -0.4 is 4.74 Å². The van der Waals surface area contributed by atoms with Gasteiger partial charge in [-0.25, -0.2) is 9.97 Å². The molecule has 0 bridgehead atoms. The zero-order valence-corrected chi connectivity index (χ0v) is 16.0. The van der Waals surface area contributed by atoms with Gasteiger partial charge in [0, 0.05) is 36.1 Å². The third-order valence-electron chi connectivity index (χ3n) is 4.62. The van der Waals surface area contributed by atoms with Gasteiger partial charge in [-0.1, -0.05) is 24.3 Å². The Morgan fingerprint density at radius 1 is 0.966 bits per heavy atom. The minimum atomic E-state index is -0.174. The van der Waals surface area contributed by atoms with Gasteiger partial charge in [0.2, 0.25) is 0 Å². The molecule has 0 saturated carbocycles. The molecule has 3 aromatic heterocycles. The Morgan fingerprint density at radius 2 is 1.83 bits per heavy atom. The first kappa shape index (κ1) is 18.6. The number of ether oxygens (including phenoxy) is 1. The van der Waals surface area contributed by atoms with Gasteiger partial charge in [0.25, 0.3) is 5.91 Å². The molecular weight excluding hydrogens is 364 g/mol. The van der Waals surface area contributed by atoms with E-state index in [1.165, 1.54) is 0 Å². The second-order valence-corrected chi connectivity index (χ2v) is 6.58. The molecule has 4 aromatic rings. The average molecular weight is 384 g/mol. The zero-order valence-electron chi connectivity index (χ0n) is 16.0. The average Bonchev–Trinajstić information content (AvgIpc) is 2.79. The Kier molecular flexibility index (Phi) is 5.42. The molecule has 29 heavy (non-hydrogen) atoms. The van der Waals surface area contributed by atoms with Crippen molar-refractivity contribution in [3.05, 3.63) is 96.1 Å². The number of aromatic nitrogens is 3. The first-order valence-electron chi connectivity index (χ1n) is 9.26. The summed E-state index contributed by atoms with van der Waals surface area (Å²) in [6.45, 7) is 0.798. The van der Waals surface area contributed by atoms with Crippen molar-refractivity contribution in [2.24, 2.45) is 0 Å². The summed E-state index contributed by atoms with van der Waals surface area (Å²) in [4.78, 5) is 28.0. The fraction of sp³-hybridized carbons (Fsp3) is 0.130. The molecule has 0 spiro atoms. The Labute approximate surface area is 168 Å². The molecule has 1 aromatic carbocycles. The predicted octanol–water partition coefficient (Wildman–Crippen LogP) is 3.88. The van der Waals surface area contributed by atoms with Crippen molar-refractivity contribution in [3.63, 3.8) is 0 Å². The molecule has 0 aliphatic rings. The summed E-state index contributed by atoms with van der Waals surface area (Å²) < 4.78 is 5.46. The predicted molar refractivity (Wildman–Crippen MR) is 110 cm³/mol. The van der Waals surface area contributed by atoms with E-state index in [1.807, 2.05) is 54.6 Å². The van der Waals surface area contributed by atoms with Gasteiger partial charge in [0.15, 0.2) is 5.65 Å². The normalized spacial score (nSPS) is 10.7. The highest BCUT2D eigenvalue weighted by Gasteiger charge is 2.20. The SMILES string of the molecule is COc1ccccc1CN(Cc1cccnc1)C(=O)c1ccc2cccnc2n1. The first-order chi connectivity index (χ1) is 14.2. The van der Waals surface area contributed by atoms with Crippen LogP contribution in [0.25, 0.3) is 11.0 Å². The van der Waals surface area contributed by atoms with Gasteiger partial charge in [0.1, 0.15) is 11.4 Å².